The number of aromatic nitrogens is 2. The van der Waals surface area contributed by atoms with Crippen molar-refractivity contribution < 1.29 is 9.53 Å². The number of carbonyl (C=O) groups is 1. The lowest BCUT2D eigenvalue weighted by Crippen LogP contribution is -2.44. The highest BCUT2D eigenvalue weighted by molar-refractivity contribution is 5.92. The van der Waals surface area contributed by atoms with Crippen LogP contribution < -0.4 is 15.0 Å². The summed E-state index contributed by atoms with van der Waals surface area (Å²) < 4.78 is 5.29. The molecular weight excluding hydrogens is 318 g/mol. The van der Waals surface area contributed by atoms with Gasteiger partial charge in [0.2, 0.25) is 0 Å². The number of nitrogens with one attached hydrogen (secondary N) is 1. The summed E-state index contributed by atoms with van der Waals surface area (Å²) in [5.41, 5.74) is 1.23. The maximum atomic E-state index is 12.3. The average molecular weight is 341 g/mol. The van der Waals surface area contributed by atoms with Gasteiger partial charge in [-0.05, 0) is 13.1 Å². The number of rotatable bonds is 5. The molecule has 1 aliphatic heterocycles. The van der Waals surface area contributed by atoms with Crippen LogP contribution >= 0.6 is 0 Å². The van der Waals surface area contributed by atoms with Crippen LogP contribution in [0.15, 0.2) is 36.7 Å². The molecule has 3 rings (SSSR count). The minimum Gasteiger partial charge on any atom is -0.496 e. The Hall–Kier alpha value is -2.67. The summed E-state index contributed by atoms with van der Waals surface area (Å²) in [7, 11) is 3.72. The minimum atomic E-state index is -0.247. The van der Waals surface area contributed by atoms with E-state index in [1.54, 1.807) is 13.3 Å². The number of carbonyl (C=O) groups excluding carboxylic acids is 1. The Morgan fingerprint density at radius 1 is 1.16 bits per heavy atom. The van der Waals surface area contributed by atoms with Crippen molar-refractivity contribution in [3.8, 4) is 5.75 Å². The lowest BCUT2D eigenvalue weighted by Gasteiger charge is -2.32. The zero-order valence-corrected chi connectivity index (χ0v) is 14.6. The first-order valence-corrected chi connectivity index (χ1v) is 8.33. The van der Waals surface area contributed by atoms with Gasteiger partial charge in [-0.25, -0.2) is 9.97 Å². The number of piperazine rings is 1. The molecule has 0 spiro atoms. The summed E-state index contributed by atoms with van der Waals surface area (Å²) in [4.78, 5) is 25.4. The smallest absolute Gasteiger partial charge is 0.271 e. The molecule has 2 heterocycles. The van der Waals surface area contributed by atoms with Gasteiger partial charge in [-0.1, -0.05) is 18.2 Å². The molecule has 0 aliphatic carbocycles. The molecule has 1 fully saturated rings. The van der Waals surface area contributed by atoms with Gasteiger partial charge in [-0.15, -0.1) is 0 Å². The zero-order chi connectivity index (χ0) is 17.6. The van der Waals surface area contributed by atoms with Crippen LogP contribution in [0.3, 0.4) is 0 Å². The van der Waals surface area contributed by atoms with E-state index in [0.29, 0.717) is 12.2 Å². The van der Waals surface area contributed by atoms with E-state index >= 15 is 0 Å². The molecule has 0 saturated carbocycles. The largest absolute Gasteiger partial charge is 0.496 e. The molecule has 25 heavy (non-hydrogen) atoms. The van der Waals surface area contributed by atoms with E-state index in [4.69, 9.17) is 4.74 Å². The fraction of sp³-hybridized carbons (Fsp3) is 0.389. The van der Waals surface area contributed by atoms with Crippen molar-refractivity contribution in [2.45, 2.75) is 6.54 Å². The van der Waals surface area contributed by atoms with Crippen molar-refractivity contribution in [2.24, 2.45) is 0 Å². The average Bonchev–Trinajstić information content (AvgIpc) is 2.67. The maximum absolute atomic E-state index is 12.3. The summed E-state index contributed by atoms with van der Waals surface area (Å²) in [5, 5.41) is 2.85. The first-order valence-electron chi connectivity index (χ1n) is 8.33. The van der Waals surface area contributed by atoms with Crippen molar-refractivity contribution in [3.05, 3.63) is 47.9 Å². The molecule has 1 amide bonds. The molecular formula is C18H23N5O2. The number of likely N-dealkylation sites (N-methyl/N-ethyl adjacent to an activating group) is 1. The molecule has 132 valence electrons. The first-order chi connectivity index (χ1) is 12.2. The number of benzene rings is 1. The molecule has 1 N–H and O–H groups in total. The second-order valence-corrected chi connectivity index (χ2v) is 6.04. The quantitative estimate of drug-likeness (QED) is 0.880. The van der Waals surface area contributed by atoms with Crippen molar-refractivity contribution >= 4 is 11.7 Å². The van der Waals surface area contributed by atoms with Gasteiger partial charge in [0.05, 0.1) is 19.5 Å². The normalized spacial score (nSPS) is 15.0. The van der Waals surface area contributed by atoms with Crippen molar-refractivity contribution in [1.29, 1.82) is 0 Å². The van der Waals surface area contributed by atoms with Crippen molar-refractivity contribution in [1.82, 2.24) is 20.2 Å². The van der Waals surface area contributed by atoms with Gasteiger partial charge >= 0.3 is 0 Å². The monoisotopic (exact) mass is 341 g/mol. The Bertz CT molecular complexity index is 712. The summed E-state index contributed by atoms with van der Waals surface area (Å²) in [5.74, 6) is 1.32. The summed E-state index contributed by atoms with van der Waals surface area (Å²) in [6.45, 7) is 4.23. The molecule has 1 aliphatic rings. The van der Waals surface area contributed by atoms with Crippen LogP contribution in [0.25, 0.3) is 0 Å². The highest BCUT2D eigenvalue weighted by Gasteiger charge is 2.16. The SMILES string of the molecule is COc1ccccc1CNC(=O)c1cnc(N2CCN(C)CC2)cn1. The third-order valence-electron chi connectivity index (χ3n) is 4.33. The summed E-state index contributed by atoms with van der Waals surface area (Å²) in [6, 6.07) is 7.59. The predicted octanol–water partition coefficient (Wildman–Crippen LogP) is 1.17. The molecule has 2 aromatic rings. The minimum absolute atomic E-state index is 0.247. The Kier molecular flexibility index (Phi) is 5.45. The molecule has 0 bridgehead atoms. The lowest BCUT2D eigenvalue weighted by molar-refractivity contribution is 0.0945. The van der Waals surface area contributed by atoms with Gasteiger partial charge in [0.15, 0.2) is 0 Å². The van der Waals surface area contributed by atoms with Crippen LogP contribution in [0, 0.1) is 0 Å². The predicted molar refractivity (Wildman–Crippen MR) is 95.9 cm³/mol. The van der Waals surface area contributed by atoms with E-state index < -0.39 is 0 Å². The fourth-order valence-electron chi connectivity index (χ4n) is 2.75. The van der Waals surface area contributed by atoms with Gasteiger partial charge in [0.25, 0.3) is 5.91 Å². The third-order valence-corrected chi connectivity index (χ3v) is 4.33. The molecule has 0 unspecified atom stereocenters. The van der Waals surface area contributed by atoms with Crippen molar-refractivity contribution in [2.75, 3.05) is 45.2 Å². The van der Waals surface area contributed by atoms with E-state index in [1.807, 2.05) is 24.3 Å². The maximum Gasteiger partial charge on any atom is 0.271 e. The van der Waals surface area contributed by atoms with Gasteiger partial charge < -0.3 is 19.9 Å². The summed E-state index contributed by atoms with van der Waals surface area (Å²) in [6.07, 6.45) is 3.20. The first kappa shape index (κ1) is 17.2. The molecule has 0 radical (unpaired) electrons. The topological polar surface area (TPSA) is 70.6 Å². The van der Waals surface area contributed by atoms with Gasteiger partial charge in [0.1, 0.15) is 17.3 Å². The van der Waals surface area contributed by atoms with Crippen LogP contribution in [0.4, 0.5) is 5.82 Å². The number of para-hydroxylation sites is 1. The van der Waals surface area contributed by atoms with Gasteiger partial charge in [0, 0.05) is 38.3 Å². The van der Waals surface area contributed by atoms with Crippen LogP contribution in [0.5, 0.6) is 5.75 Å². The van der Waals surface area contributed by atoms with Crippen LogP contribution in [0.1, 0.15) is 16.1 Å². The molecule has 1 aromatic heterocycles. The van der Waals surface area contributed by atoms with E-state index in [9.17, 15) is 4.79 Å². The number of methoxy groups -OCH3 is 1. The number of nitrogens with zero attached hydrogens (tertiary/aromatic N) is 4. The molecule has 7 nitrogen and oxygen atoms in total. The fourth-order valence-corrected chi connectivity index (χ4v) is 2.75. The Labute approximate surface area is 147 Å². The van der Waals surface area contributed by atoms with E-state index in [1.165, 1.54) is 6.20 Å². The van der Waals surface area contributed by atoms with Crippen molar-refractivity contribution in [3.63, 3.8) is 0 Å². The highest BCUT2D eigenvalue weighted by Crippen LogP contribution is 2.17. The summed E-state index contributed by atoms with van der Waals surface area (Å²) >= 11 is 0. The standard InChI is InChI=1S/C18H23N5O2/c1-22-7-9-23(10-8-22)17-13-19-15(12-20-17)18(24)21-11-14-5-3-4-6-16(14)25-2/h3-6,12-13H,7-11H2,1-2H3,(H,21,24). The number of amides is 1. The van der Waals surface area contributed by atoms with Gasteiger partial charge in [-0.3, -0.25) is 4.79 Å². The van der Waals surface area contributed by atoms with E-state index in [0.717, 1.165) is 43.3 Å². The number of hydrogen-bond donors (Lipinski definition) is 1. The lowest BCUT2D eigenvalue weighted by atomic mass is 10.2. The Balaban J connectivity index is 1.59. The molecule has 0 atom stereocenters. The van der Waals surface area contributed by atoms with Crippen LogP contribution in [-0.4, -0.2) is 61.1 Å². The Morgan fingerprint density at radius 2 is 1.92 bits per heavy atom. The molecule has 1 saturated heterocycles. The van der Waals surface area contributed by atoms with Crippen LogP contribution in [0.2, 0.25) is 0 Å². The number of ether oxygens (including phenoxy) is 1. The Morgan fingerprint density at radius 3 is 2.60 bits per heavy atom. The zero-order valence-electron chi connectivity index (χ0n) is 14.6. The molecule has 7 heteroatoms. The highest BCUT2D eigenvalue weighted by atomic mass is 16.5. The van der Waals surface area contributed by atoms with Gasteiger partial charge in [-0.2, -0.15) is 0 Å². The number of anilines is 1. The second-order valence-electron chi connectivity index (χ2n) is 6.04. The van der Waals surface area contributed by atoms with Crippen LogP contribution in [-0.2, 0) is 6.54 Å². The second kappa shape index (κ2) is 7.94. The molecule has 1 aromatic carbocycles. The van der Waals surface area contributed by atoms with E-state index in [2.05, 4.69) is 32.1 Å². The third kappa shape index (κ3) is 4.24. The number of hydrogen-bond acceptors (Lipinski definition) is 6. The van der Waals surface area contributed by atoms with E-state index in [-0.39, 0.29) is 5.91 Å².